The molecule has 5 heteroatoms. The Morgan fingerprint density at radius 2 is 2.25 bits per heavy atom. The summed E-state index contributed by atoms with van der Waals surface area (Å²) in [6.07, 6.45) is 1.79. The van der Waals surface area contributed by atoms with Crippen LogP contribution in [0.4, 0.5) is 4.39 Å². The fourth-order valence-corrected chi connectivity index (χ4v) is 1.53. The van der Waals surface area contributed by atoms with Crippen molar-refractivity contribution in [3.05, 3.63) is 47.0 Å². The van der Waals surface area contributed by atoms with Crippen LogP contribution in [0.15, 0.2) is 30.5 Å². The molecule has 0 aliphatic carbocycles. The standard InChI is InChI=1S/C11H11ClFN3/c1-14-7-8-4-5-16(15-8)9-2-3-10(12)11(13)6-9/h2-6,14H,7H2,1H3. The summed E-state index contributed by atoms with van der Waals surface area (Å²) in [6, 6.07) is 6.48. The highest BCUT2D eigenvalue weighted by atomic mass is 35.5. The lowest BCUT2D eigenvalue weighted by molar-refractivity contribution is 0.625. The van der Waals surface area contributed by atoms with Crippen molar-refractivity contribution in [3.8, 4) is 5.69 Å². The molecule has 0 aliphatic rings. The van der Waals surface area contributed by atoms with Crippen LogP contribution in [0, 0.1) is 5.82 Å². The quantitative estimate of drug-likeness (QED) is 0.891. The maximum absolute atomic E-state index is 13.2. The highest BCUT2D eigenvalue weighted by molar-refractivity contribution is 6.30. The van der Waals surface area contributed by atoms with Gasteiger partial charge < -0.3 is 5.32 Å². The first-order chi connectivity index (χ1) is 7.70. The van der Waals surface area contributed by atoms with Crippen LogP contribution in [0.3, 0.4) is 0 Å². The number of nitrogens with zero attached hydrogens (tertiary/aromatic N) is 2. The van der Waals surface area contributed by atoms with Crippen LogP contribution < -0.4 is 5.32 Å². The summed E-state index contributed by atoms with van der Waals surface area (Å²) in [5.74, 6) is -0.440. The topological polar surface area (TPSA) is 29.9 Å². The maximum atomic E-state index is 13.2. The van der Waals surface area contributed by atoms with E-state index in [2.05, 4.69) is 10.4 Å². The van der Waals surface area contributed by atoms with E-state index in [1.54, 1.807) is 16.9 Å². The Morgan fingerprint density at radius 1 is 1.44 bits per heavy atom. The number of hydrogen-bond acceptors (Lipinski definition) is 2. The Kier molecular flexibility index (Phi) is 3.22. The molecule has 1 aromatic heterocycles. The minimum absolute atomic E-state index is 0.117. The van der Waals surface area contributed by atoms with Gasteiger partial charge in [0.2, 0.25) is 0 Å². The first kappa shape index (κ1) is 11.1. The predicted octanol–water partition coefficient (Wildman–Crippen LogP) is 2.38. The summed E-state index contributed by atoms with van der Waals surface area (Å²) in [6.45, 7) is 0.684. The second kappa shape index (κ2) is 4.63. The SMILES string of the molecule is CNCc1ccn(-c2ccc(Cl)c(F)c2)n1. The van der Waals surface area contributed by atoms with Gasteiger partial charge in [0.1, 0.15) is 5.82 Å². The van der Waals surface area contributed by atoms with Crippen LogP contribution in [-0.4, -0.2) is 16.8 Å². The Morgan fingerprint density at radius 3 is 2.94 bits per heavy atom. The van der Waals surface area contributed by atoms with Crippen molar-refractivity contribution >= 4 is 11.6 Å². The first-order valence-corrected chi connectivity index (χ1v) is 5.23. The monoisotopic (exact) mass is 239 g/mol. The molecule has 16 heavy (non-hydrogen) atoms. The van der Waals surface area contributed by atoms with E-state index in [1.165, 1.54) is 12.1 Å². The molecule has 2 rings (SSSR count). The number of nitrogens with one attached hydrogen (secondary N) is 1. The fraction of sp³-hybridized carbons (Fsp3) is 0.182. The number of hydrogen-bond donors (Lipinski definition) is 1. The summed E-state index contributed by atoms with van der Waals surface area (Å²) < 4.78 is 14.9. The van der Waals surface area contributed by atoms with Crippen molar-refractivity contribution in [2.24, 2.45) is 0 Å². The largest absolute Gasteiger partial charge is 0.314 e. The van der Waals surface area contributed by atoms with E-state index >= 15 is 0 Å². The van der Waals surface area contributed by atoms with E-state index in [0.29, 0.717) is 12.2 Å². The number of halogens is 2. The number of benzene rings is 1. The molecule has 1 N–H and O–H groups in total. The van der Waals surface area contributed by atoms with Crippen molar-refractivity contribution in [2.75, 3.05) is 7.05 Å². The molecule has 0 amide bonds. The van der Waals surface area contributed by atoms with Crippen molar-refractivity contribution in [1.82, 2.24) is 15.1 Å². The van der Waals surface area contributed by atoms with Crippen LogP contribution in [0.1, 0.15) is 5.69 Å². The molecule has 0 atom stereocenters. The molecule has 2 aromatic rings. The van der Waals surface area contributed by atoms with Crippen LogP contribution in [-0.2, 0) is 6.54 Å². The molecule has 0 bridgehead atoms. The summed E-state index contributed by atoms with van der Waals surface area (Å²) in [5, 5.41) is 7.40. The lowest BCUT2D eigenvalue weighted by Crippen LogP contribution is -2.06. The van der Waals surface area contributed by atoms with Crippen LogP contribution in [0.25, 0.3) is 5.69 Å². The zero-order chi connectivity index (χ0) is 11.5. The van der Waals surface area contributed by atoms with Crippen molar-refractivity contribution in [2.45, 2.75) is 6.54 Å². The van der Waals surface area contributed by atoms with Gasteiger partial charge in [0.05, 0.1) is 16.4 Å². The van der Waals surface area contributed by atoms with Gasteiger partial charge in [0.25, 0.3) is 0 Å². The van der Waals surface area contributed by atoms with Crippen LogP contribution in [0.5, 0.6) is 0 Å². The molecule has 84 valence electrons. The molecule has 3 nitrogen and oxygen atoms in total. The summed E-state index contributed by atoms with van der Waals surface area (Å²) in [4.78, 5) is 0. The number of aromatic nitrogens is 2. The first-order valence-electron chi connectivity index (χ1n) is 4.85. The Bertz CT molecular complexity index is 496. The zero-order valence-electron chi connectivity index (χ0n) is 8.74. The minimum Gasteiger partial charge on any atom is -0.314 e. The Hall–Kier alpha value is -1.39. The third-order valence-electron chi connectivity index (χ3n) is 2.17. The van der Waals surface area contributed by atoms with Crippen molar-refractivity contribution in [3.63, 3.8) is 0 Å². The lowest BCUT2D eigenvalue weighted by Gasteiger charge is -2.02. The molecule has 0 saturated heterocycles. The fourth-order valence-electron chi connectivity index (χ4n) is 1.41. The lowest BCUT2D eigenvalue weighted by atomic mass is 10.3. The van der Waals surface area contributed by atoms with E-state index in [-0.39, 0.29) is 5.02 Å². The van der Waals surface area contributed by atoms with E-state index < -0.39 is 5.82 Å². The Balaban J connectivity index is 2.31. The average Bonchev–Trinajstić information content (AvgIpc) is 2.71. The molecule has 0 unspecified atom stereocenters. The van der Waals surface area contributed by atoms with Gasteiger partial charge in [0.15, 0.2) is 0 Å². The minimum atomic E-state index is -0.440. The predicted molar refractivity (Wildman–Crippen MR) is 61.3 cm³/mol. The zero-order valence-corrected chi connectivity index (χ0v) is 9.50. The van der Waals surface area contributed by atoms with E-state index in [0.717, 1.165) is 5.69 Å². The molecular weight excluding hydrogens is 229 g/mol. The van der Waals surface area contributed by atoms with Crippen molar-refractivity contribution < 1.29 is 4.39 Å². The average molecular weight is 240 g/mol. The number of rotatable bonds is 3. The molecule has 0 radical (unpaired) electrons. The van der Waals surface area contributed by atoms with E-state index in [9.17, 15) is 4.39 Å². The summed E-state index contributed by atoms with van der Waals surface area (Å²) in [7, 11) is 1.85. The van der Waals surface area contributed by atoms with E-state index in [4.69, 9.17) is 11.6 Å². The molecule has 1 aromatic carbocycles. The summed E-state index contributed by atoms with van der Waals surface area (Å²) >= 11 is 5.61. The highest BCUT2D eigenvalue weighted by Gasteiger charge is 2.04. The van der Waals surface area contributed by atoms with Gasteiger partial charge in [-0.15, -0.1) is 0 Å². The van der Waals surface area contributed by atoms with Gasteiger partial charge in [-0.1, -0.05) is 11.6 Å². The maximum Gasteiger partial charge on any atom is 0.143 e. The van der Waals surface area contributed by atoms with Gasteiger partial charge >= 0.3 is 0 Å². The van der Waals surface area contributed by atoms with Gasteiger partial charge in [-0.2, -0.15) is 5.10 Å². The van der Waals surface area contributed by atoms with Gasteiger partial charge in [-0.3, -0.25) is 0 Å². The third kappa shape index (κ3) is 2.23. The highest BCUT2D eigenvalue weighted by Crippen LogP contribution is 2.17. The van der Waals surface area contributed by atoms with Crippen LogP contribution >= 0.6 is 11.6 Å². The molecule has 0 saturated carbocycles. The Labute approximate surface area is 97.8 Å². The third-order valence-corrected chi connectivity index (χ3v) is 2.48. The molecule has 0 spiro atoms. The second-order valence-corrected chi connectivity index (χ2v) is 3.79. The summed E-state index contributed by atoms with van der Waals surface area (Å²) in [5.41, 5.74) is 1.56. The van der Waals surface area contributed by atoms with Gasteiger partial charge in [0, 0.05) is 18.8 Å². The molecule has 0 fully saturated rings. The van der Waals surface area contributed by atoms with Crippen LogP contribution in [0.2, 0.25) is 5.02 Å². The molecular formula is C11H11ClFN3. The van der Waals surface area contributed by atoms with Gasteiger partial charge in [-0.05, 0) is 25.2 Å². The van der Waals surface area contributed by atoms with Gasteiger partial charge in [-0.25, -0.2) is 9.07 Å². The second-order valence-electron chi connectivity index (χ2n) is 3.38. The normalized spacial score (nSPS) is 10.7. The van der Waals surface area contributed by atoms with Crippen molar-refractivity contribution in [1.29, 1.82) is 0 Å². The smallest absolute Gasteiger partial charge is 0.143 e. The molecule has 0 aliphatic heterocycles. The van der Waals surface area contributed by atoms with E-state index in [1.807, 2.05) is 13.1 Å². The molecule has 1 heterocycles.